The molecule has 0 fully saturated rings. The third-order valence-corrected chi connectivity index (χ3v) is 9.09. The molecule has 0 heterocycles. The van der Waals surface area contributed by atoms with Crippen molar-refractivity contribution >= 4 is 58.2 Å². The highest BCUT2D eigenvalue weighted by atomic mass is 32.2. The Hall–Kier alpha value is -4.80. The van der Waals surface area contributed by atoms with Gasteiger partial charge in [-0.1, -0.05) is 84.9 Å². The maximum atomic E-state index is 13.7. The maximum absolute atomic E-state index is 13.7. The number of nitrogen functional groups attached to an aromatic ring is 1. The summed E-state index contributed by atoms with van der Waals surface area (Å²) in [5, 5.41) is 13.0. The molecule has 0 bridgehead atoms. The first-order valence-corrected chi connectivity index (χ1v) is 14.9. The Bertz CT molecular complexity index is 2170. The molecule has 0 radical (unpaired) electrons. The zero-order valence-corrected chi connectivity index (χ0v) is 22.3. The van der Waals surface area contributed by atoms with Gasteiger partial charge in [-0.2, -0.15) is 16.8 Å². The number of benzene rings is 6. The highest BCUT2D eigenvalue weighted by Gasteiger charge is 2.30. The van der Waals surface area contributed by atoms with Crippen LogP contribution >= 0.6 is 0 Å². The SMILES string of the molecule is Nc1c(S(=O)(=O)Oc2cccc3ccccc23)cc(S(=O)(=O)Oc2cccc3ccccc23)c2cccc(O)c12. The van der Waals surface area contributed by atoms with Gasteiger partial charge >= 0.3 is 20.2 Å². The second kappa shape index (κ2) is 9.44. The number of phenols is 1. The van der Waals surface area contributed by atoms with E-state index in [9.17, 15) is 21.9 Å². The predicted octanol–water partition coefficient (Wildman–Crippen LogP) is 5.97. The second-order valence-corrected chi connectivity index (χ2v) is 12.0. The fraction of sp³-hybridized carbons (Fsp3) is 0. The smallest absolute Gasteiger partial charge is 0.341 e. The van der Waals surface area contributed by atoms with E-state index in [1.54, 1.807) is 66.7 Å². The molecule has 3 N–H and O–H groups in total. The van der Waals surface area contributed by atoms with Crippen LogP contribution in [0.4, 0.5) is 5.69 Å². The number of anilines is 1. The first-order chi connectivity index (χ1) is 19.2. The molecule has 0 aromatic heterocycles. The molecule has 0 saturated carbocycles. The van der Waals surface area contributed by atoms with Crippen LogP contribution in [0, 0.1) is 0 Å². The summed E-state index contributed by atoms with van der Waals surface area (Å²) in [6, 6.07) is 29.0. The van der Waals surface area contributed by atoms with E-state index in [4.69, 9.17) is 14.1 Å². The van der Waals surface area contributed by atoms with Gasteiger partial charge < -0.3 is 19.2 Å². The molecule has 10 heteroatoms. The van der Waals surface area contributed by atoms with Crippen molar-refractivity contribution in [2.75, 3.05) is 5.73 Å². The first-order valence-electron chi connectivity index (χ1n) is 12.0. The highest BCUT2D eigenvalue weighted by molar-refractivity contribution is 7.88. The summed E-state index contributed by atoms with van der Waals surface area (Å²) in [5.74, 6) is -0.315. The van der Waals surface area contributed by atoms with E-state index in [1.807, 2.05) is 6.07 Å². The van der Waals surface area contributed by atoms with Gasteiger partial charge in [0.1, 0.15) is 15.5 Å². The summed E-state index contributed by atoms with van der Waals surface area (Å²) in [4.78, 5) is -1.13. The van der Waals surface area contributed by atoms with E-state index in [0.717, 1.165) is 16.8 Å². The molecule has 0 amide bonds. The third kappa shape index (κ3) is 4.33. The summed E-state index contributed by atoms with van der Waals surface area (Å²) in [6.07, 6.45) is 0. The quantitative estimate of drug-likeness (QED) is 0.185. The van der Waals surface area contributed by atoms with Crippen molar-refractivity contribution in [1.29, 1.82) is 0 Å². The van der Waals surface area contributed by atoms with Crippen molar-refractivity contribution in [3.05, 3.63) is 109 Å². The lowest BCUT2D eigenvalue weighted by Crippen LogP contribution is -2.16. The van der Waals surface area contributed by atoms with E-state index >= 15 is 0 Å². The molecule has 6 aromatic carbocycles. The van der Waals surface area contributed by atoms with Gasteiger partial charge in [-0.25, -0.2) is 0 Å². The van der Waals surface area contributed by atoms with Gasteiger partial charge in [0, 0.05) is 21.5 Å². The van der Waals surface area contributed by atoms with Crippen molar-refractivity contribution in [3.8, 4) is 17.2 Å². The summed E-state index contributed by atoms with van der Waals surface area (Å²) >= 11 is 0. The van der Waals surface area contributed by atoms with Crippen LogP contribution in [0.5, 0.6) is 17.2 Å². The molecule has 0 aliphatic rings. The van der Waals surface area contributed by atoms with Crippen LogP contribution in [-0.2, 0) is 20.2 Å². The topological polar surface area (TPSA) is 133 Å². The molecule has 0 spiro atoms. The third-order valence-electron chi connectivity index (χ3n) is 6.54. The Balaban J connectivity index is 1.54. The number of hydrogen-bond donors (Lipinski definition) is 2. The Kier molecular flexibility index (Phi) is 6.01. The van der Waals surface area contributed by atoms with Crippen LogP contribution in [0.25, 0.3) is 32.3 Å². The van der Waals surface area contributed by atoms with Crippen molar-refractivity contribution in [2.24, 2.45) is 0 Å². The highest BCUT2D eigenvalue weighted by Crippen LogP contribution is 2.41. The van der Waals surface area contributed by atoms with Crippen LogP contribution < -0.4 is 14.1 Å². The van der Waals surface area contributed by atoms with Gasteiger partial charge in [0.05, 0.1) is 5.69 Å². The lowest BCUT2D eigenvalue weighted by molar-refractivity contribution is 0.481. The Morgan fingerprint density at radius 3 is 1.57 bits per heavy atom. The van der Waals surface area contributed by atoms with E-state index in [-0.39, 0.29) is 28.0 Å². The summed E-state index contributed by atoms with van der Waals surface area (Å²) in [5.41, 5.74) is 5.89. The fourth-order valence-corrected chi connectivity index (χ4v) is 7.06. The van der Waals surface area contributed by atoms with Crippen LogP contribution in [0.2, 0.25) is 0 Å². The molecule has 0 saturated heterocycles. The van der Waals surface area contributed by atoms with Crippen molar-refractivity contribution < 1.29 is 30.3 Å². The molecule has 0 aliphatic carbocycles. The van der Waals surface area contributed by atoms with Crippen molar-refractivity contribution in [2.45, 2.75) is 9.79 Å². The number of nitrogens with two attached hydrogens (primary N) is 1. The van der Waals surface area contributed by atoms with Gasteiger partial charge in [-0.05, 0) is 35.0 Å². The number of rotatable bonds is 6. The van der Waals surface area contributed by atoms with Crippen LogP contribution in [0.1, 0.15) is 0 Å². The Morgan fingerprint density at radius 1 is 0.550 bits per heavy atom. The summed E-state index contributed by atoms with van der Waals surface area (Å²) in [7, 11) is -9.33. The predicted molar refractivity (Wildman–Crippen MR) is 154 cm³/mol. The molecule has 0 atom stereocenters. The minimum Gasteiger partial charge on any atom is -0.507 e. The standard InChI is InChI=1S/C30H21NO7S2/c31-30-28(40(35,36)38-26-17-6-11-20-9-2-4-13-22(20)26)18-27(23-14-7-15-24(32)29(23)30)39(33,34)37-25-16-5-10-19-8-1-3-12-21(19)25/h1-18,32H,31H2. The van der Waals surface area contributed by atoms with Gasteiger partial charge in [0.15, 0.2) is 11.5 Å². The largest absolute Gasteiger partial charge is 0.507 e. The van der Waals surface area contributed by atoms with E-state index in [2.05, 4.69) is 0 Å². The molecule has 200 valence electrons. The molecule has 6 rings (SSSR count). The zero-order valence-electron chi connectivity index (χ0n) is 20.7. The first kappa shape index (κ1) is 25.5. The Labute approximate surface area is 230 Å². The number of aromatic hydroxyl groups is 1. The number of phenolic OH excluding ortho intramolecular Hbond substituents is 1. The van der Waals surface area contributed by atoms with E-state index < -0.39 is 35.8 Å². The fourth-order valence-electron chi connectivity index (χ4n) is 4.70. The van der Waals surface area contributed by atoms with Gasteiger partial charge in [-0.15, -0.1) is 0 Å². The molecule has 40 heavy (non-hydrogen) atoms. The second-order valence-electron chi connectivity index (χ2n) is 9.02. The zero-order chi connectivity index (χ0) is 28.1. The lowest BCUT2D eigenvalue weighted by atomic mass is 10.1. The van der Waals surface area contributed by atoms with E-state index in [1.165, 1.54) is 30.3 Å². The molecule has 0 aliphatic heterocycles. The average molecular weight is 572 g/mol. The average Bonchev–Trinajstić information content (AvgIpc) is 2.93. The minimum atomic E-state index is -4.69. The van der Waals surface area contributed by atoms with E-state index in [0.29, 0.717) is 10.8 Å². The Morgan fingerprint density at radius 2 is 1.00 bits per heavy atom. The summed E-state index contributed by atoms with van der Waals surface area (Å²) < 4.78 is 65.7. The minimum absolute atomic E-state index is 0.0122. The number of fused-ring (bicyclic) bond motifs is 3. The van der Waals surface area contributed by atoms with Gasteiger partial charge in [-0.3, -0.25) is 0 Å². The van der Waals surface area contributed by atoms with Crippen LogP contribution in [-0.4, -0.2) is 21.9 Å². The molecule has 0 unspecified atom stereocenters. The maximum Gasteiger partial charge on any atom is 0.341 e. The number of hydrogen-bond acceptors (Lipinski definition) is 8. The molecular formula is C30H21NO7S2. The lowest BCUT2D eigenvalue weighted by Gasteiger charge is -2.17. The van der Waals surface area contributed by atoms with Gasteiger partial charge in [0.2, 0.25) is 0 Å². The molecule has 6 aromatic rings. The summed E-state index contributed by atoms with van der Waals surface area (Å²) in [6.45, 7) is 0. The van der Waals surface area contributed by atoms with Crippen LogP contribution in [0.3, 0.4) is 0 Å². The van der Waals surface area contributed by atoms with Gasteiger partial charge in [0.25, 0.3) is 0 Å². The van der Waals surface area contributed by atoms with Crippen molar-refractivity contribution in [1.82, 2.24) is 0 Å². The molecular weight excluding hydrogens is 550 g/mol. The normalized spacial score (nSPS) is 12.1. The van der Waals surface area contributed by atoms with Crippen molar-refractivity contribution in [3.63, 3.8) is 0 Å². The monoisotopic (exact) mass is 571 g/mol. The molecule has 8 nitrogen and oxygen atoms in total. The van der Waals surface area contributed by atoms with Crippen LogP contribution in [0.15, 0.2) is 119 Å².